The summed E-state index contributed by atoms with van der Waals surface area (Å²) in [4.78, 5) is 18.8. The second-order valence-electron chi connectivity index (χ2n) is 5.62. The van der Waals surface area contributed by atoms with Crippen molar-refractivity contribution in [2.24, 2.45) is 0 Å². The van der Waals surface area contributed by atoms with Crippen LogP contribution in [0.4, 0.5) is 4.39 Å². The van der Waals surface area contributed by atoms with Gasteiger partial charge in [0.25, 0.3) is 5.91 Å². The van der Waals surface area contributed by atoms with Crippen LogP contribution in [0.1, 0.15) is 30.3 Å². The van der Waals surface area contributed by atoms with Crippen molar-refractivity contribution in [1.82, 2.24) is 25.0 Å². The summed E-state index contributed by atoms with van der Waals surface area (Å²) < 4.78 is 15.5. The Morgan fingerprint density at radius 3 is 2.83 bits per heavy atom. The molecular formula is C16H21ClFN5O. The number of para-hydroxylation sites is 1. The summed E-state index contributed by atoms with van der Waals surface area (Å²) in [6.07, 6.45) is 0.561. The lowest BCUT2D eigenvalue weighted by Gasteiger charge is -2.33. The van der Waals surface area contributed by atoms with Crippen LogP contribution in [0.15, 0.2) is 24.3 Å². The number of benzene rings is 1. The van der Waals surface area contributed by atoms with Gasteiger partial charge in [-0.15, -0.1) is 17.5 Å². The van der Waals surface area contributed by atoms with Crippen molar-refractivity contribution in [2.75, 3.05) is 19.6 Å². The van der Waals surface area contributed by atoms with Gasteiger partial charge < -0.3 is 10.2 Å². The van der Waals surface area contributed by atoms with Gasteiger partial charge in [-0.05, 0) is 19.1 Å². The van der Waals surface area contributed by atoms with Gasteiger partial charge in [-0.2, -0.15) is 0 Å². The smallest absolute Gasteiger partial charge is 0.293 e. The molecule has 0 bridgehead atoms. The molecule has 1 aromatic carbocycles. The van der Waals surface area contributed by atoms with Crippen LogP contribution >= 0.6 is 12.4 Å². The molecule has 1 aliphatic rings. The molecule has 0 radical (unpaired) electrons. The molecule has 130 valence electrons. The summed E-state index contributed by atoms with van der Waals surface area (Å²) in [5, 5.41) is 7.52. The fraction of sp³-hybridized carbons (Fsp3) is 0.438. The van der Waals surface area contributed by atoms with Crippen LogP contribution in [0.3, 0.4) is 0 Å². The van der Waals surface area contributed by atoms with Gasteiger partial charge in [-0.25, -0.2) is 14.1 Å². The number of halogens is 2. The zero-order chi connectivity index (χ0) is 16.4. The molecule has 1 fully saturated rings. The molecule has 0 aliphatic carbocycles. The van der Waals surface area contributed by atoms with Gasteiger partial charge in [-0.3, -0.25) is 4.79 Å². The van der Waals surface area contributed by atoms with Crippen LogP contribution in [-0.2, 0) is 6.42 Å². The first-order valence-corrected chi connectivity index (χ1v) is 7.84. The van der Waals surface area contributed by atoms with E-state index in [4.69, 9.17) is 0 Å². The number of aromatic nitrogens is 3. The fourth-order valence-corrected chi connectivity index (χ4v) is 2.75. The normalized spacial score (nSPS) is 17.5. The van der Waals surface area contributed by atoms with Crippen LogP contribution in [0, 0.1) is 5.82 Å². The van der Waals surface area contributed by atoms with Crippen molar-refractivity contribution < 1.29 is 9.18 Å². The van der Waals surface area contributed by atoms with Gasteiger partial charge in [-0.1, -0.05) is 19.1 Å². The maximum Gasteiger partial charge on any atom is 0.293 e. The lowest BCUT2D eigenvalue weighted by molar-refractivity contribution is 0.0643. The second kappa shape index (κ2) is 7.72. The molecule has 1 atom stereocenters. The minimum absolute atomic E-state index is 0. The second-order valence-corrected chi connectivity index (χ2v) is 5.62. The molecular weight excluding hydrogens is 333 g/mol. The van der Waals surface area contributed by atoms with Crippen LogP contribution in [-0.4, -0.2) is 51.2 Å². The van der Waals surface area contributed by atoms with Crippen molar-refractivity contribution >= 4 is 18.3 Å². The highest BCUT2D eigenvalue weighted by molar-refractivity contribution is 5.90. The third kappa shape index (κ3) is 3.42. The van der Waals surface area contributed by atoms with Crippen molar-refractivity contribution in [1.29, 1.82) is 0 Å². The highest BCUT2D eigenvalue weighted by Crippen LogP contribution is 2.16. The van der Waals surface area contributed by atoms with Crippen molar-refractivity contribution in [3.05, 3.63) is 41.7 Å². The standard InChI is InChI=1S/C16H20FN5O.ClH/c1-3-14-19-15(16(23)21-9-8-18-10-11(21)2)20-22(14)13-7-5-4-6-12(13)17;/h4-7,11,18H,3,8-10H2,1-2H3;1H/t11-;/m1./s1. The Hall–Kier alpha value is -1.99. The number of piperazine rings is 1. The molecule has 1 amide bonds. The van der Waals surface area contributed by atoms with Crippen LogP contribution < -0.4 is 5.32 Å². The summed E-state index contributed by atoms with van der Waals surface area (Å²) in [7, 11) is 0. The topological polar surface area (TPSA) is 63.1 Å². The van der Waals surface area contributed by atoms with E-state index in [2.05, 4.69) is 15.4 Å². The molecule has 1 saturated heterocycles. The third-order valence-electron chi connectivity index (χ3n) is 4.02. The Morgan fingerprint density at radius 2 is 2.17 bits per heavy atom. The molecule has 2 heterocycles. The summed E-state index contributed by atoms with van der Waals surface area (Å²) in [6, 6.07) is 6.44. The van der Waals surface area contributed by atoms with E-state index in [1.807, 2.05) is 13.8 Å². The summed E-state index contributed by atoms with van der Waals surface area (Å²) >= 11 is 0. The highest BCUT2D eigenvalue weighted by Gasteiger charge is 2.28. The van der Waals surface area contributed by atoms with Crippen molar-refractivity contribution in [2.45, 2.75) is 26.3 Å². The Morgan fingerprint density at radius 1 is 1.42 bits per heavy atom. The predicted molar refractivity (Wildman–Crippen MR) is 91.3 cm³/mol. The number of nitrogens with zero attached hydrogens (tertiary/aromatic N) is 4. The number of hydrogen-bond acceptors (Lipinski definition) is 4. The minimum Gasteiger partial charge on any atom is -0.331 e. The molecule has 0 saturated carbocycles. The van der Waals surface area contributed by atoms with Gasteiger partial charge in [0.05, 0.1) is 0 Å². The van der Waals surface area contributed by atoms with E-state index in [-0.39, 0.29) is 36.0 Å². The summed E-state index contributed by atoms with van der Waals surface area (Å²) in [6.45, 7) is 6.02. The van der Waals surface area contributed by atoms with Crippen LogP contribution in [0.25, 0.3) is 5.69 Å². The minimum atomic E-state index is -0.387. The number of amides is 1. The van der Waals surface area contributed by atoms with E-state index in [9.17, 15) is 9.18 Å². The Bertz CT molecular complexity index is 720. The number of nitrogens with one attached hydrogen (secondary N) is 1. The molecule has 3 rings (SSSR count). The van der Waals surface area contributed by atoms with Crippen molar-refractivity contribution in [3.8, 4) is 5.69 Å². The number of carbonyl (C=O) groups is 1. The van der Waals surface area contributed by atoms with E-state index < -0.39 is 0 Å². The largest absolute Gasteiger partial charge is 0.331 e. The molecule has 1 aliphatic heterocycles. The molecule has 1 N–H and O–H groups in total. The van der Waals surface area contributed by atoms with Gasteiger partial charge >= 0.3 is 0 Å². The number of aryl methyl sites for hydroxylation is 1. The SMILES string of the molecule is CCc1nc(C(=O)N2CCNC[C@H]2C)nn1-c1ccccc1F.Cl. The first kappa shape index (κ1) is 18.4. The molecule has 0 unspecified atom stereocenters. The van der Waals surface area contributed by atoms with Gasteiger partial charge in [0.2, 0.25) is 5.82 Å². The molecule has 0 spiro atoms. The van der Waals surface area contributed by atoms with Crippen molar-refractivity contribution in [3.63, 3.8) is 0 Å². The quantitative estimate of drug-likeness (QED) is 0.914. The van der Waals surface area contributed by atoms with E-state index in [0.29, 0.717) is 24.5 Å². The molecule has 24 heavy (non-hydrogen) atoms. The number of carbonyl (C=O) groups excluding carboxylic acids is 1. The Labute approximate surface area is 146 Å². The van der Waals surface area contributed by atoms with Crippen LogP contribution in [0.2, 0.25) is 0 Å². The molecule has 2 aromatic rings. The fourth-order valence-electron chi connectivity index (χ4n) is 2.75. The average molecular weight is 354 g/mol. The third-order valence-corrected chi connectivity index (χ3v) is 4.02. The zero-order valence-corrected chi connectivity index (χ0v) is 14.5. The number of rotatable bonds is 3. The lowest BCUT2D eigenvalue weighted by atomic mass is 10.2. The first-order chi connectivity index (χ1) is 11.1. The first-order valence-electron chi connectivity index (χ1n) is 7.84. The number of hydrogen-bond donors (Lipinski definition) is 1. The monoisotopic (exact) mass is 353 g/mol. The van der Waals surface area contributed by atoms with E-state index in [1.54, 1.807) is 23.1 Å². The highest BCUT2D eigenvalue weighted by atomic mass is 35.5. The van der Waals surface area contributed by atoms with Gasteiger partial charge in [0, 0.05) is 32.1 Å². The average Bonchev–Trinajstić information content (AvgIpc) is 2.99. The zero-order valence-electron chi connectivity index (χ0n) is 13.7. The predicted octanol–water partition coefficient (Wildman–Crippen LogP) is 1.82. The van der Waals surface area contributed by atoms with Gasteiger partial charge in [0.1, 0.15) is 17.3 Å². The Balaban J connectivity index is 0.00000208. The molecule has 6 nitrogen and oxygen atoms in total. The van der Waals surface area contributed by atoms with E-state index >= 15 is 0 Å². The molecule has 8 heteroatoms. The van der Waals surface area contributed by atoms with Gasteiger partial charge in [0.15, 0.2) is 0 Å². The maximum atomic E-state index is 14.0. The molecule has 1 aromatic heterocycles. The Kier molecular flexibility index (Phi) is 5.90. The lowest BCUT2D eigenvalue weighted by Crippen LogP contribution is -2.52. The van der Waals surface area contributed by atoms with Crippen LogP contribution in [0.5, 0.6) is 0 Å². The van der Waals surface area contributed by atoms with E-state index in [1.165, 1.54) is 10.7 Å². The summed E-state index contributed by atoms with van der Waals surface area (Å²) in [5.74, 6) is 0.102. The maximum absolute atomic E-state index is 14.0. The summed E-state index contributed by atoms with van der Waals surface area (Å²) in [5.41, 5.74) is 0.309. The van der Waals surface area contributed by atoms with E-state index in [0.717, 1.165) is 13.1 Å².